The second-order valence-electron chi connectivity index (χ2n) is 3.32. The third kappa shape index (κ3) is 3.43. The quantitative estimate of drug-likeness (QED) is 0.702. The van der Waals surface area contributed by atoms with Crippen LogP contribution in [-0.2, 0) is 0 Å². The first-order valence-corrected chi connectivity index (χ1v) is 4.61. The van der Waals surface area contributed by atoms with Crippen molar-refractivity contribution >= 4 is 0 Å². The van der Waals surface area contributed by atoms with Crippen LogP contribution in [0.4, 0.5) is 0 Å². The van der Waals surface area contributed by atoms with Crippen molar-refractivity contribution in [3.05, 3.63) is 48.0 Å². The van der Waals surface area contributed by atoms with Gasteiger partial charge < -0.3 is 5.11 Å². The molecule has 0 bridgehead atoms. The van der Waals surface area contributed by atoms with Crippen LogP contribution in [0.3, 0.4) is 0 Å². The van der Waals surface area contributed by atoms with Gasteiger partial charge in [0, 0.05) is 0 Å². The van der Waals surface area contributed by atoms with Crippen LogP contribution in [0.2, 0.25) is 0 Å². The van der Waals surface area contributed by atoms with Gasteiger partial charge in [0.05, 0.1) is 6.10 Å². The van der Waals surface area contributed by atoms with Crippen molar-refractivity contribution < 1.29 is 5.11 Å². The summed E-state index contributed by atoms with van der Waals surface area (Å²) < 4.78 is 0. The Morgan fingerprint density at radius 2 is 1.69 bits per heavy atom. The average Bonchev–Trinajstić information content (AvgIpc) is 2.15. The predicted octanol–water partition coefficient (Wildman–Crippen LogP) is 2.73. The summed E-state index contributed by atoms with van der Waals surface area (Å²) in [6.07, 6.45) is 3.49. The van der Waals surface area contributed by atoms with Crippen LogP contribution in [0, 0.1) is 0 Å². The first-order chi connectivity index (χ1) is 6.20. The molecule has 13 heavy (non-hydrogen) atoms. The minimum absolute atomic E-state index is 0.355. The maximum Gasteiger partial charge on any atom is 0.0692 e. The summed E-state index contributed by atoms with van der Waals surface area (Å²) in [5, 5.41) is 9.06. The molecule has 1 N–H and O–H groups in total. The zero-order chi connectivity index (χ0) is 9.68. The molecule has 2 atom stereocenters. The molecule has 1 rings (SSSR count). The Labute approximate surface area is 79.7 Å². The molecule has 0 fully saturated rings. The molecule has 0 radical (unpaired) electrons. The summed E-state index contributed by atoms with van der Waals surface area (Å²) in [5.41, 5.74) is 1.28. The summed E-state index contributed by atoms with van der Waals surface area (Å²) in [5.74, 6) is 0.371. The molecular weight excluding hydrogens is 160 g/mol. The third-order valence-electron chi connectivity index (χ3n) is 2.00. The SMILES string of the molecule is CC(/C=C/[C@@H](C)O)c1ccccc1. The Balaban J connectivity index is 2.64. The van der Waals surface area contributed by atoms with Crippen molar-refractivity contribution in [3.8, 4) is 0 Å². The van der Waals surface area contributed by atoms with Gasteiger partial charge in [-0.3, -0.25) is 0 Å². The van der Waals surface area contributed by atoms with Crippen LogP contribution in [0.15, 0.2) is 42.5 Å². The first-order valence-electron chi connectivity index (χ1n) is 4.61. The first kappa shape index (κ1) is 10.0. The molecule has 0 aromatic heterocycles. The lowest BCUT2D eigenvalue weighted by Crippen LogP contribution is -1.95. The highest BCUT2D eigenvalue weighted by Gasteiger charge is 1.99. The maximum atomic E-state index is 9.06. The van der Waals surface area contributed by atoms with E-state index >= 15 is 0 Å². The van der Waals surface area contributed by atoms with Gasteiger partial charge in [-0.25, -0.2) is 0 Å². The Morgan fingerprint density at radius 3 is 2.23 bits per heavy atom. The molecule has 1 heteroatoms. The summed E-state index contributed by atoms with van der Waals surface area (Å²) in [4.78, 5) is 0. The van der Waals surface area contributed by atoms with Gasteiger partial charge in [0.25, 0.3) is 0 Å². The Kier molecular flexibility index (Phi) is 3.71. The van der Waals surface area contributed by atoms with Crippen LogP contribution in [0.25, 0.3) is 0 Å². The molecule has 0 heterocycles. The van der Waals surface area contributed by atoms with E-state index in [0.717, 1.165) is 0 Å². The van der Waals surface area contributed by atoms with E-state index in [1.165, 1.54) is 5.56 Å². The minimum atomic E-state index is -0.355. The van der Waals surface area contributed by atoms with E-state index in [4.69, 9.17) is 5.11 Å². The van der Waals surface area contributed by atoms with E-state index in [0.29, 0.717) is 5.92 Å². The van der Waals surface area contributed by atoms with Crippen molar-refractivity contribution in [1.82, 2.24) is 0 Å². The largest absolute Gasteiger partial charge is 0.389 e. The molecule has 1 nitrogen and oxygen atoms in total. The second kappa shape index (κ2) is 4.83. The van der Waals surface area contributed by atoms with Crippen LogP contribution in [0.1, 0.15) is 25.3 Å². The van der Waals surface area contributed by atoms with E-state index in [9.17, 15) is 0 Å². The maximum absolute atomic E-state index is 9.06. The van der Waals surface area contributed by atoms with Gasteiger partial charge in [0.15, 0.2) is 0 Å². The van der Waals surface area contributed by atoms with Crippen molar-refractivity contribution in [2.45, 2.75) is 25.9 Å². The lowest BCUT2D eigenvalue weighted by Gasteiger charge is -2.06. The highest BCUT2D eigenvalue weighted by Crippen LogP contribution is 2.15. The van der Waals surface area contributed by atoms with E-state index in [1.54, 1.807) is 6.92 Å². The van der Waals surface area contributed by atoms with Crippen molar-refractivity contribution in [2.24, 2.45) is 0 Å². The molecule has 0 saturated heterocycles. The van der Waals surface area contributed by atoms with Crippen molar-refractivity contribution in [1.29, 1.82) is 0 Å². The van der Waals surface area contributed by atoms with Gasteiger partial charge in [0.2, 0.25) is 0 Å². The van der Waals surface area contributed by atoms with E-state index in [1.807, 2.05) is 30.4 Å². The third-order valence-corrected chi connectivity index (χ3v) is 2.00. The van der Waals surface area contributed by atoms with E-state index in [-0.39, 0.29) is 6.10 Å². The van der Waals surface area contributed by atoms with Gasteiger partial charge in [-0.2, -0.15) is 0 Å². The molecule has 1 aromatic carbocycles. The number of hydrogen-bond acceptors (Lipinski definition) is 1. The molecule has 0 spiro atoms. The smallest absolute Gasteiger partial charge is 0.0692 e. The number of benzene rings is 1. The zero-order valence-electron chi connectivity index (χ0n) is 8.14. The Hall–Kier alpha value is -1.08. The Morgan fingerprint density at radius 1 is 1.08 bits per heavy atom. The molecular formula is C12H16O. The number of aliphatic hydroxyl groups is 1. The fourth-order valence-corrected chi connectivity index (χ4v) is 1.20. The highest BCUT2D eigenvalue weighted by molar-refractivity contribution is 5.22. The summed E-state index contributed by atoms with van der Waals surface area (Å²) in [7, 11) is 0. The van der Waals surface area contributed by atoms with Gasteiger partial charge in [0.1, 0.15) is 0 Å². The normalized spacial score (nSPS) is 15.9. The second-order valence-corrected chi connectivity index (χ2v) is 3.32. The van der Waals surface area contributed by atoms with Crippen LogP contribution in [0.5, 0.6) is 0 Å². The molecule has 1 aromatic rings. The number of rotatable bonds is 3. The molecule has 70 valence electrons. The summed E-state index contributed by atoms with van der Waals surface area (Å²) in [6, 6.07) is 10.3. The van der Waals surface area contributed by atoms with Gasteiger partial charge in [-0.05, 0) is 18.4 Å². The fourth-order valence-electron chi connectivity index (χ4n) is 1.20. The monoisotopic (exact) mass is 176 g/mol. The highest BCUT2D eigenvalue weighted by atomic mass is 16.3. The van der Waals surface area contributed by atoms with Crippen molar-refractivity contribution in [2.75, 3.05) is 0 Å². The summed E-state index contributed by atoms with van der Waals surface area (Å²) in [6.45, 7) is 3.88. The molecule has 0 saturated carbocycles. The van der Waals surface area contributed by atoms with Crippen LogP contribution in [-0.4, -0.2) is 11.2 Å². The average molecular weight is 176 g/mol. The lowest BCUT2D eigenvalue weighted by atomic mass is 10.0. The van der Waals surface area contributed by atoms with E-state index in [2.05, 4.69) is 19.1 Å². The van der Waals surface area contributed by atoms with Gasteiger partial charge in [-0.15, -0.1) is 0 Å². The van der Waals surface area contributed by atoms with Crippen LogP contribution < -0.4 is 0 Å². The number of aliphatic hydroxyl groups excluding tert-OH is 1. The Bertz CT molecular complexity index is 262. The standard InChI is InChI=1S/C12H16O/c1-10(8-9-11(2)13)12-6-4-3-5-7-12/h3-11,13H,1-2H3/b9-8+/t10?,11-/m1/s1. The van der Waals surface area contributed by atoms with Gasteiger partial charge in [-0.1, -0.05) is 49.4 Å². The molecule has 1 unspecified atom stereocenters. The molecule has 0 aliphatic carbocycles. The van der Waals surface area contributed by atoms with Crippen molar-refractivity contribution in [3.63, 3.8) is 0 Å². The molecule has 0 aliphatic heterocycles. The fraction of sp³-hybridized carbons (Fsp3) is 0.333. The minimum Gasteiger partial charge on any atom is -0.389 e. The molecule has 0 aliphatic rings. The molecule has 0 amide bonds. The number of hydrogen-bond donors (Lipinski definition) is 1. The topological polar surface area (TPSA) is 20.2 Å². The lowest BCUT2D eigenvalue weighted by molar-refractivity contribution is 0.243. The van der Waals surface area contributed by atoms with Crippen LogP contribution >= 0.6 is 0 Å². The number of allylic oxidation sites excluding steroid dienone is 1. The summed E-state index contributed by atoms with van der Waals surface area (Å²) >= 11 is 0. The predicted molar refractivity (Wildman–Crippen MR) is 55.7 cm³/mol. The van der Waals surface area contributed by atoms with Gasteiger partial charge >= 0.3 is 0 Å². The van der Waals surface area contributed by atoms with E-state index < -0.39 is 0 Å². The zero-order valence-corrected chi connectivity index (χ0v) is 8.14.